The summed E-state index contributed by atoms with van der Waals surface area (Å²) in [5.74, 6) is 0. The van der Waals surface area contributed by atoms with Gasteiger partial charge in [0.05, 0.1) is 5.56 Å². The molecule has 0 saturated heterocycles. The molecule has 0 aliphatic rings. The third-order valence-electron chi connectivity index (χ3n) is 3.11. The number of anilines is 1. The van der Waals surface area contributed by atoms with Crippen LogP contribution in [0.2, 0.25) is 0 Å². The normalized spacial score (nSPS) is 10.6. The van der Waals surface area contributed by atoms with Crippen molar-refractivity contribution >= 4 is 22.7 Å². The first kappa shape index (κ1) is 12.4. The number of nitrogens with zero attached hydrogens (tertiary/aromatic N) is 1. The van der Waals surface area contributed by atoms with Crippen molar-refractivity contribution in [1.82, 2.24) is 0 Å². The van der Waals surface area contributed by atoms with Gasteiger partial charge < -0.3 is 9.32 Å². The minimum Gasteiger partial charge on any atom is -0.422 e. The van der Waals surface area contributed by atoms with E-state index in [1.165, 1.54) is 0 Å². The highest BCUT2D eigenvalue weighted by Crippen LogP contribution is 2.25. The van der Waals surface area contributed by atoms with Crippen LogP contribution in [0.3, 0.4) is 0 Å². The molecule has 0 N–H and O–H groups in total. The zero-order valence-corrected chi connectivity index (χ0v) is 11.0. The fourth-order valence-electron chi connectivity index (χ4n) is 2.13. The van der Waals surface area contributed by atoms with Crippen LogP contribution in [0.1, 0.15) is 18.1 Å². The van der Waals surface area contributed by atoms with E-state index in [1.807, 2.05) is 44.1 Å². The van der Waals surface area contributed by atoms with Gasteiger partial charge in [-0.1, -0.05) is 19.6 Å². The molecular formula is C15H17NO2. The molecule has 3 nitrogen and oxygen atoms in total. The summed E-state index contributed by atoms with van der Waals surface area (Å²) in [6.07, 6.45) is 2.36. The molecule has 0 atom stereocenters. The van der Waals surface area contributed by atoms with E-state index in [0.29, 0.717) is 11.1 Å². The lowest BCUT2D eigenvalue weighted by atomic mass is 10.0. The van der Waals surface area contributed by atoms with Gasteiger partial charge in [0.1, 0.15) is 5.58 Å². The Balaban J connectivity index is 2.84. The summed E-state index contributed by atoms with van der Waals surface area (Å²) < 4.78 is 5.36. The van der Waals surface area contributed by atoms with Gasteiger partial charge in [-0.05, 0) is 24.1 Å². The van der Waals surface area contributed by atoms with Crippen LogP contribution >= 0.6 is 0 Å². The molecule has 0 aliphatic carbocycles. The van der Waals surface area contributed by atoms with Crippen LogP contribution < -0.4 is 10.5 Å². The number of aryl methyl sites for hydroxylation is 1. The van der Waals surface area contributed by atoms with Crippen molar-refractivity contribution in [2.24, 2.45) is 0 Å². The van der Waals surface area contributed by atoms with Crippen molar-refractivity contribution in [2.45, 2.75) is 13.3 Å². The molecule has 1 aromatic carbocycles. The van der Waals surface area contributed by atoms with E-state index >= 15 is 0 Å². The van der Waals surface area contributed by atoms with Gasteiger partial charge in [0.15, 0.2) is 0 Å². The molecule has 0 amide bonds. The maximum atomic E-state index is 11.9. The first-order chi connectivity index (χ1) is 8.58. The first-order valence-electron chi connectivity index (χ1n) is 5.98. The Morgan fingerprint density at radius 3 is 2.67 bits per heavy atom. The van der Waals surface area contributed by atoms with E-state index in [2.05, 4.69) is 6.58 Å². The topological polar surface area (TPSA) is 33.5 Å². The predicted molar refractivity (Wildman–Crippen MR) is 76.3 cm³/mol. The Labute approximate surface area is 106 Å². The lowest BCUT2D eigenvalue weighted by molar-refractivity contribution is 0.557. The molecule has 2 aromatic rings. The zero-order valence-electron chi connectivity index (χ0n) is 11.0. The highest BCUT2D eigenvalue weighted by atomic mass is 16.4. The Kier molecular flexibility index (Phi) is 3.24. The summed E-state index contributed by atoms with van der Waals surface area (Å²) in [6, 6.07) is 5.91. The maximum absolute atomic E-state index is 11.9. The average Bonchev–Trinajstić information content (AvgIpc) is 2.36. The van der Waals surface area contributed by atoms with Crippen LogP contribution in [0, 0.1) is 0 Å². The number of hydrogen-bond donors (Lipinski definition) is 0. The van der Waals surface area contributed by atoms with Gasteiger partial charge in [-0.3, -0.25) is 0 Å². The van der Waals surface area contributed by atoms with Crippen LogP contribution in [-0.2, 0) is 6.42 Å². The maximum Gasteiger partial charge on any atom is 0.343 e. The lowest BCUT2D eigenvalue weighted by Gasteiger charge is -2.14. The minimum absolute atomic E-state index is 0.315. The van der Waals surface area contributed by atoms with Crippen molar-refractivity contribution in [1.29, 1.82) is 0 Å². The second-order valence-corrected chi connectivity index (χ2v) is 4.41. The van der Waals surface area contributed by atoms with Crippen LogP contribution in [0.25, 0.3) is 17.0 Å². The second kappa shape index (κ2) is 4.69. The largest absolute Gasteiger partial charge is 0.422 e. The fourth-order valence-corrected chi connectivity index (χ4v) is 2.13. The second-order valence-electron chi connectivity index (χ2n) is 4.41. The molecule has 18 heavy (non-hydrogen) atoms. The molecule has 0 spiro atoms. The van der Waals surface area contributed by atoms with Gasteiger partial charge in [0.2, 0.25) is 0 Å². The highest BCUT2D eigenvalue weighted by Gasteiger charge is 2.11. The van der Waals surface area contributed by atoms with Crippen LogP contribution in [0.4, 0.5) is 5.69 Å². The van der Waals surface area contributed by atoms with Crippen LogP contribution in [0.5, 0.6) is 0 Å². The Hall–Kier alpha value is -2.03. The Bertz CT molecular complexity index is 653. The van der Waals surface area contributed by atoms with E-state index < -0.39 is 0 Å². The monoisotopic (exact) mass is 243 g/mol. The molecule has 2 rings (SSSR count). The molecule has 0 saturated carbocycles. The van der Waals surface area contributed by atoms with Gasteiger partial charge in [-0.15, -0.1) is 0 Å². The smallest absolute Gasteiger partial charge is 0.343 e. The van der Waals surface area contributed by atoms with E-state index in [1.54, 1.807) is 6.08 Å². The van der Waals surface area contributed by atoms with E-state index in [-0.39, 0.29) is 5.63 Å². The summed E-state index contributed by atoms with van der Waals surface area (Å²) in [7, 11) is 3.91. The summed E-state index contributed by atoms with van der Waals surface area (Å²) in [5, 5.41) is 0.984. The highest BCUT2D eigenvalue weighted by molar-refractivity contribution is 5.86. The first-order valence-corrected chi connectivity index (χ1v) is 5.98. The number of hydrogen-bond acceptors (Lipinski definition) is 3. The summed E-state index contributed by atoms with van der Waals surface area (Å²) >= 11 is 0. The number of benzene rings is 1. The summed E-state index contributed by atoms with van der Waals surface area (Å²) in [5.41, 5.74) is 2.90. The summed E-state index contributed by atoms with van der Waals surface area (Å²) in [4.78, 5) is 13.9. The quantitative estimate of drug-likeness (QED) is 0.777. The van der Waals surface area contributed by atoms with Crippen molar-refractivity contribution < 1.29 is 4.42 Å². The fraction of sp³-hybridized carbons (Fsp3) is 0.267. The van der Waals surface area contributed by atoms with E-state index in [4.69, 9.17) is 4.42 Å². The Morgan fingerprint density at radius 2 is 2.11 bits per heavy atom. The van der Waals surface area contributed by atoms with E-state index in [9.17, 15) is 4.79 Å². The van der Waals surface area contributed by atoms with E-state index in [0.717, 1.165) is 23.1 Å². The number of rotatable bonds is 3. The molecular weight excluding hydrogens is 226 g/mol. The van der Waals surface area contributed by atoms with Gasteiger partial charge >= 0.3 is 5.63 Å². The molecule has 3 heteroatoms. The molecule has 0 bridgehead atoms. The van der Waals surface area contributed by atoms with Crippen LogP contribution in [-0.4, -0.2) is 14.1 Å². The third kappa shape index (κ3) is 1.92. The molecule has 0 fully saturated rings. The van der Waals surface area contributed by atoms with Gasteiger partial charge in [0.25, 0.3) is 0 Å². The van der Waals surface area contributed by atoms with Crippen LogP contribution in [0.15, 0.2) is 34.0 Å². The van der Waals surface area contributed by atoms with Gasteiger partial charge in [-0.25, -0.2) is 4.79 Å². The van der Waals surface area contributed by atoms with Crippen molar-refractivity contribution in [2.75, 3.05) is 19.0 Å². The van der Waals surface area contributed by atoms with Crippen molar-refractivity contribution in [3.05, 3.63) is 46.3 Å². The zero-order chi connectivity index (χ0) is 13.3. The van der Waals surface area contributed by atoms with Gasteiger partial charge in [0, 0.05) is 31.2 Å². The number of fused-ring (bicyclic) bond motifs is 1. The lowest BCUT2D eigenvalue weighted by Crippen LogP contribution is -2.10. The van der Waals surface area contributed by atoms with Gasteiger partial charge in [-0.2, -0.15) is 0 Å². The standard InChI is InChI=1S/C15H17NO2/c1-5-11-12(6-2)15(17)18-14-9-10(16(3)4)7-8-13(11)14/h6-9H,2,5H2,1,3-4H3. The predicted octanol–water partition coefficient (Wildman–Crippen LogP) is 3.06. The molecule has 0 aliphatic heterocycles. The van der Waals surface area contributed by atoms with Crippen molar-refractivity contribution in [3.8, 4) is 0 Å². The SMILES string of the molecule is C=Cc1c(CC)c2ccc(N(C)C)cc2oc1=O. The average molecular weight is 243 g/mol. The molecule has 0 unspecified atom stereocenters. The summed E-state index contributed by atoms with van der Waals surface area (Å²) in [6.45, 7) is 5.71. The van der Waals surface area contributed by atoms with Crippen molar-refractivity contribution in [3.63, 3.8) is 0 Å². The Morgan fingerprint density at radius 1 is 1.39 bits per heavy atom. The minimum atomic E-state index is -0.315. The third-order valence-corrected chi connectivity index (χ3v) is 3.11. The molecule has 1 aromatic heterocycles. The molecule has 94 valence electrons. The molecule has 1 heterocycles. The molecule has 0 radical (unpaired) electrons.